The Morgan fingerprint density at radius 3 is 2.35 bits per heavy atom. The molecule has 3 aromatic carbocycles. The Bertz CT molecular complexity index is 950. The third kappa shape index (κ3) is 2.67. The van der Waals surface area contributed by atoms with Crippen LogP contribution in [-0.4, -0.2) is 5.97 Å². The highest BCUT2D eigenvalue weighted by atomic mass is 16.5. The van der Waals surface area contributed by atoms with E-state index in [1.54, 1.807) is 6.08 Å². The summed E-state index contributed by atoms with van der Waals surface area (Å²) in [5, 5.41) is 2.30. The molecule has 23 heavy (non-hydrogen) atoms. The van der Waals surface area contributed by atoms with Crippen LogP contribution in [-0.2, 0) is 9.53 Å². The summed E-state index contributed by atoms with van der Waals surface area (Å²) in [5.74, 6) is 0.292. The summed E-state index contributed by atoms with van der Waals surface area (Å²) in [6.45, 7) is 0. The SMILES string of the molecule is O=C1OC(c2ccc3ccccc3c2)=C/C1=C\c1ccccc1. The van der Waals surface area contributed by atoms with E-state index in [-0.39, 0.29) is 5.97 Å². The van der Waals surface area contributed by atoms with Gasteiger partial charge in [0.15, 0.2) is 0 Å². The summed E-state index contributed by atoms with van der Waals surface area (Å²) in [5.41, 5.74) is 2.46. The molecule has 110 valence electrons. The first-order valence-electron chi connectivity index (χ1n) is 7.49. The van der Waals surface area contributed by atoms with Crippen LogP contribution in [0.15, 0.2) is 84.4 Å². The fourth-order valence-electron chi connectivity index (χ4n) is 2.70. The fraction of sp³-hybridized carbons (Fsp3) is 0. The molecule has 0 atom stereocenters. The molecule has 0 unspecified atom stereocenters. The lowest BCUT2D eigenvalue weighted by Crippen LogP contribution is -1.97. The maximum Gasteiger partial charge on any atom is 0.343 e. The van der Waals surface area contributed by atoms with E-state index in [0.717, 1.165) is 16.5 Å². The fourth-order valence-corrected chi connectivity index (χ4v) is 2.70. The average molecular weight is 298 g/mol. The van der Waals surface area contributed by atoms with Gasteiger partial charge in [-0.2, -0.15) is 0 Å². The van der Waals surface area contributed by atoms with Crippen molar-refractivity contribution in [2.24, 2.45) is 0 Å². The van der Waals surface area contributed by atoms with Crippen molar-refractivity contribution in [2.45, 2.75) is 0 Å². The van der Waals surface area contributed by atoms with Crippen LogP contribution in [0.25, 0.3) is 22.6 Å². The first-order valence-corrected chi connectivity index (χ1v) is 7.49. The second-order valence-electron chi connectivity index (χ2n) is 5.47. The Balaban J connectivity index is 1.72. The monoisotopic (exact) mass is 298 g/mol. The molecule has 0 aromatic heterocycles. The number of fused-ring (bicyclic) bond motifs is 1. The quantitative estimate of drug-likeness (QED) is 0.501. The Kier molecular flexibility index (Phi) is 3.28. The van der Waals surface area contributed by atoms with Crippen LogP contribution < -0.4 is 0 Å². The van der Waals surface area contributed by atoms with E-state index in [0.29, 0.717) is 11.3 Å². The first kappa shape index (κ1) is 13.5. The van der Waals surface area contributed by atoms with Gasteiger partial charge in [-0.25, -0.2) is 4.79 Å². The number of carbonyl (C=O) groups excluding carboxylic acids is 1. The van der Waals surface area contributed by atoms with Gasteiger partial charge in [-0.05, 0) is 34.6 Å². The number of benzene rings is 3. The van der Waals surface area contributed by atoms with E-state index >= 15 is 0 Å². The molecule has 2 nitrogen and oxygen atoms in total. The zero-order valence-corrected chi connectivity index (χ0v) is 12.4. The molecule has 0 saturated carbocycles. The zero-order chi connectivity index (χ0) is 15.6. The standard InChI is InChI=1S/C21H14O2/c22-21-19(12-15-6-2-1-3-7-15)14-20(23-21)18-11-10-16-8-4-5-9-17(16)13-18/h1-14H/b19-12+. The highest BCUT2D eigenvalue weighted by Crippen LogP contribution is 2.29. The Labute approximate surface area is 134 Å². The van der Waals surface area contributed by atoms with Gasteiger partial charge in [0.05, 0.1) is 5.57 Å². The van der Waals surface area contributed by atoms with E-state index < -0.39 is 0 Å². The predicted octanol–water partition coefficient (Wildman–Crippen LogP) is 4.82. The van der Waals surface area contributed by atoms with Gasteiger partial charge in [0, 0.05) is 5.56 Å². The minimum Gasteiger partial charge on any atom is -0.422 e. The molecule has 0 fully saturated rings. The van der Waals surface area contributed by atoms with Crippen LogP contribution in [0.4, 0.5) is 0 Å². The van der Waals surface area contributed by atoms with Crippen LogP contribution in [0.3, 0.4) is 0 Å². The molecule has 0 bridgehead atoms. The van der Waals surface area contributed by atoms with E-state index in [1.807, 2.05) is 66.7 Å². The minimum absolute atomic E-state index is 0.308. The van der Waals surface area contributed by atoms with E-state index in [4.69, 9.17) is 4.74 Å². The maximum atomic E-state index is 12.1. The number of carbonyl (C=O) groups is 1. The first-order chi connectivity index (χ1) is 11.3. The van der Waals surface area contributed by atoms with Crippen molar-refractivity contribution in [3.8, 4) is 0 Å². The maximum absolute atomic E-state index is 12.1. The van der Waals surface area contributed by atoms with Crippen LogP contribution >= 0.6 is 0 Å². The van der Waals surface area contributed by atoms with Crippen molar-refractivity contribution in [3.63, 3.8) is 0 Å². The highest BCUT2D eigenvalue weighted by Gasteiger charge is 2.22. The molecule has 0 N–H and O–H groups in total. The molecule has 0 saturated heterocycles. The van der Waals surface area contributed by atoms with Crippen molar-refractivity contribution in [2.75, 3.05) is 0 Å². The lowest BCUT2D eigenvalue weighted by Gasteiger charge is -2.03. The number of ether oxygens (including phenoxy) is 1. The van der Waals surface area contributed by atoms with Gasteiger partial charge in [-0.1, -0.05) is 66.7 Å². The molecule has 1 aliphatic heterocycles. The van der Waals surface area contributed by atoms with Crippen LogP contribution in [0, 0.1) is 0 Å². The predicted molar refractivity (Wildman–Crippen MR) is 92.4 cm³/mol. The summed E-state index contributed by atoms with van der Waals surface area (Å²) in [7, 11) is 0. The molecule has 3 aromatic rings. The minimum atomic E-state index is -0.308. The molecule has 1 heterocycles. The van der Waals surface area contributed by atoms with Gasteiger partial charge in [-0.15, -0.1) is 0 Å². The summed E-state index contributed by atoms with van der Waals surface area (Å²) < 4.78 is 5.44. The van der Waals surface area contributed by atoms with Crippen LogP contribution in [0.2, 0.25) is 0 Å². The molecular weight excluding hydrogens is 284 g/mol. The number of hydrogen-bond donors (Lipinski definition) is 0. The Morgan fingerprint density at radius 2 is 1.52 bits per heavy atom. The van der Waals surface area contributed by atoms with Crippen molar-refractivity contribution < 1.29 is 9.53 Å². The van der Waals surface area contributed by atoms with Gasteiger partial charge in [0.1, 0.15) is 5.76 Å². The van der Waals surface area contributed by atoms with Gasteiger partial charge >= 0.3 is 5.97 Å². The van der Waals surface area contributed by atoms with Crippen molar-refractivity contribution >= 4 is 28.6 Å². The largest absolute Gasteiger partial charge is 0.422 e. The van der Waals surface area contributed by atoms with Gasteiger partial charge in [-0.3, -0.25) is 0 Å². The normalized spacial score (nSPS) is 15.7. The number of esters is 1. The summed E-state index contributed by atoms with van der Waals surface area (Å²) in [6.07, 6.45) is 3.65. The molecule has 2 heteroatoms. The van der Waals surface area contributed by atoms with E-state index in [9.17, 15) is 4.79 Å². The topological polar surface area (TPSA) is 26.3 Å². The number of cyclic esters (lactones) is 1. The van der Waals surface area contributed by atoms with Gasteiger partial charge < -0.3 is 4.74 Å². The molecule has 0 amide bonds. The van der Waals surface area contributed by atoms with Crippen molar-refractivity contribution in [1.82, 2.24) is 0 Å². The molecule has 0 aliphatic carbocycles. The van der Waals surface area contributed by atoms with E-state index in [1.165, 1.54) is 5.39 Å². The second-order valence-corrected chi connectivity index (χ2v) is 5.47. The Morgan fingerprint density at radius 1 is 0.783 bits per heavy atom. The highest BCUT2D eigenvalue weighted by molar-refractivity contribution is 6.05. The third-order valence-electron chi connectivity index (χ3n) is 3.88. The molecule has 4 rings (SSSR count). The van der Waals surface area contributed by atoms with Crippen molar-refractivity contribution in [3.05, 3.63) is 95.6 Å². The lowest BCUT2D eigenvalue weighted by molar-refractivity contribution is -0.130. The van der Waals surface area contributed by atoms with Crippen molar-refractivity contribution in [1.29, 1.82) is 0 Å². The number of hydrogen-bond acceptors (Lipinski definition) is 2. The van der Waals surface area contributed by atoms with E-state index in [2.05, 4.69) is 12.1 Å². The lowest BCUT2D eigenvalue weighted by atomic mass is 10.1. The molecule has 1 aliphatic rings. The third-order valence-corrected chi connectivity index (χ3v) is 3.88. The van der Waals surface area contributed by atoms with Gasteiger partial charge in [0.2, 0.25) is 0 Å². The zero-order valence-electron chi connectivity index (χ0n) is 12.4. The van der Waals surface area contributed by atoms with Crippen LogP contribution in [0.5, 0.6) is 0 Å². The molecular formula is C21H14O2. The van der Waals surface area contributed by atoms with Gasteiger partial charge in [0.25, 0.3) is 0 Å². The molecule has 0 spiro atoms. The summed E-state index contributed by atoms with van der Waals surface area (Å²) in [4.78, 5) is 12.1. The number of rotatable bonds is 2. The second kappa shape index (κ2) is 5.58. The smallest absolute Gasteiger partial charge is 0.343 e. The molecule has 0 radical (unpaired) electrons. The Hall–Kier alpha value is -3.13. The summed E-state index contributed by atoms with van der Waals surface area (Å²) >= 11 is 0. The summed E-state index contributed by atoms with van der Waals surface area (Å²) in [6, 6.07) is 24.0. The van der Waals surface area contributed by atoms with Crippen LogP contribution in [0.1, 0.15) is 11.1 Å². The average Bonchev–Trinajstić information content (AvgIpc) is 2.96.